The van der Waals surface area contributed by atoms with Crippen LogP contribution in [0.5, 0.6) is 0 Å². The van der Waals surface area contributed by atoms with Crippen LogP contribution in [0.4, 0.5) is 16.2 Å². The van der Waals surface area contributed by atoms with Crippen LogP contribution in [0.15, 0.2) is 54.6 Å². The highest BCUT2D eigenvalue weighted by molar-refractivity contribution is 6.00. The monoisotopic (exact) mass is 370 g/mol. The molecule has 0 heterocycles. The van der Waals surface area contributed by atoms with E-state index in [4.69, 9.17) is 4.74 Å². The molecule has 0 radical (unpaired) electrons. The van der Waals surface area contributed by atoms with Crippen LogP contribution in [0.25, 0.3) is 0 Å². The van der Waals surface area contributed by atoms with Gasteiger partial charge < -0.3 is 10.1 Å². The Morgan fingerprint density at radius 2 is 1.63 bits per heavy atom. The standard InChI is InChI=1S/C20H24N2O3.C2H6/c1-15-9-8-10-16(13-15)21-18(23)14-22(17-11-6-5-7-12-17)19(24)25-20(2,3)4;1-2/h5-13H,14H2,1-4H3,(H,21,23);1-2H3. The summed E-state index contributed by atoms with van der Waals surface area (Å²) in [6.45, 7) is 11.2. The van der Waals surface area contributed by atoms with Gasteiger partial charge in [-0.2, -0.15) is 0 Å². The second-order valence-corrected chi connectivity index (χ2v) is 6.82. The lowest BCUT2D eigenvalue weighted by Gasteiger charge is -2.27. The molecule has 5 heteroatoms. The molecule has 27 heavy (non-hydrogen) atoms. The first-order chi connectivity index (χ1) is 12.7. The van der Waals surface area contributed by atoms with E-state index in [1.54, 1.807) is 32.9 Å². The Hall–Kier alpha value is -2.82. The number of anilines is 2. The maximum absolute atomic E-state index is 12.5. The van der Waals surface area contributed by atoms with E-state index in [0.29, 0.717) is 11.4 Å². The first-order valence-electron chi connectivity index (χ1n) is 9.17. The molecule has 0 saturated carbocycles. The minimum absolute atomic E-state index is 0.132. The molecule has 1 N–H and O–H groups in total. The number of para-hydroxylation sites is 1. The minimum atomic E-state index is -0.642. The van der Waals surface area contributed by atoms with Gasteiger partial charge in [-0.15, -0.1) is 0 Å². The van der Waals surface area contributed by atoms with Gasteiger partial charge >= 0.3 is 6.09 Å². The van der Waals surface area contributed by atoms with Crippen LogP contribution in [-0.2, 0) is 9.53 Å². The number of carbonyl (C=O) groups excluding carboxylic acids is 2. The Morgan fingerprint density at radius 1 is 1.00 bits per heavy atom. The van der Waals surface area contributed by atoms with Gasteiger partial charge in [0.2, 0.25) is 5.91 Å². The van der Waals surface area contributed by atoms with Gasteiger partial charge in [0.25, 0.3) is 0 Å². The largest absolute Gasteiger partial charge is 0.443 e. The molecular formula is C22H30N2O3. The molecule has 2 amide bonds. The Balaban J connectivity index is 0.00000176. The summed E-state index contributed by atoms with van der Waals surface area (Å²) in [5, 5.41) is 2.81. The molecule has 2 aromatic rings. The minimum Gasteiger partial charge on any atom is -0.443 e. The second kappa shape index (κ2) is 10.4. The number of ether oxygens (including phenoxy) is 1. The van der Waals surface area contributed by atoms with Crippen molar-refractivity contribution in [3.8, 4) is 0 Å². The van der Waals surface area contributed by atoms with E-state index in [-0.39, 0.29) is 12.5 Å². The van der Waals surface area contributed by atoms with Crippen molar-refractivity contribution in [2.24, 2.45) is 0 Å². The number of amides is 2. The van der Waals surface area contributed by atoms with Crippen molar-refractivity contribution in [3.05, 3.63) is 60.2 Å². The number of benzene rings is 2. The van der Waals surface area contributed by atoms with E-state index in [1.807, 2.05) is 63.2 Å². The predicted molar refractivity (Wildman–Crippen MR) is 111 cm³/mol. The molecule has 2 rings (SSSR count). The maximum atomic E-state index is 12.5. The number of nitrogens with zero attached hydrogens (tertiary/aromatic N) is 1. The number of aryl methyl sites for hydroxylation is 1. The fourth-order valence-electron chi connectivity index (χ4n) is 2.25. The van der Waals surface area contributed by atoms with Crippen LogP contribution < -0.4 is 10.2 Å². The third kappa shape index (κ3) is 7.94. The molecule has 0 unspecified atom stereocenters. The van der Waals surface area contributed by atoms with Crippen molar-refractivity contribution in [1.29, 1.82) is 0 Å². The summed E-state index contributed by atoms with van der Waals surface area (Å²) in [7, 11) is 0. The average Bonchev–Trinajstić information content (AvgIpc) is 2.60. The number of carbonyl (C=O) groups is 2. The smallest absolute Gasteiger partial charge is 0.415 e. The lowest BCUT2D eigenvalue weighted by atomic mass is 10.2. The van der Waals surface area contributed by atoms with Gasteiger partial charge in [0.1, 0.15) is 12.1 Å². The number of hydrogen-bond acceptors (Lipinski definition) is 3. The summed E-state index contributed by atoms with van der Waals surface area (Å²) in [6, 6.07) is 16.5. The molecule has 0 aromatic heterocycles. The van der Waals surface area contributed by atoms with Crippen molar-refractivity contribution in [3.63, 3.8) is 0 Å². The molecule has 0 aliphatic rings. The third-order valence-corrected chi connectivity index (χ3v) is 3.29. The van der Waals surface area contributed by atoms with E-state index in [1.165, 1.54) is 4.90 Å². The van der Waals surface area contributed by atoms with E-state index in [9.17, 15) is 9.59 Å². The summed E-state index contributed by atoms with van der Waals surface area (Å²) in [4.78, 5) is 26.3. The van der Waals surface area contributed by atoms with Crippen LogP contribution in [0, 0.1) is 6.92 Å². The van der Waals surface area contributed by atoms with Crippen molar-refractivity contribution in [2.75, 3.05) is 16.8 Å². The van der Waals surface area contributed by atoms with Crippen LogP contribution in [0.3, 0.4) is 0 Å². The van der Waals surface area contributed by atoms with E-state index >= 15 is 0 Å². The predicted octanol–water partition coefficient (Wildman–Crippen LogP) is 5.40. The van der Waals surface area contributed by atoms with Gasteiger partial charge in [-0.25, -0.2) is 4.79 Å². The second-order valence-electron chi connectivity index (χ2n) is 6.82. The highest BCUT2D eigenvalue weighted by Crippen LogP contribution is 2.18. The summed E-state index contributed by atoms with van der Waals surface area (Å²) in [5.41, 5.74) is 1.71. The molecule has 0 aliphatic heterocycles. The fraction of sp³-hybridized carbons (Fsp3) is 0.364. The quantitative estimate of drug-likeness (QED) is 0.784. The van der Waals surface area contributed by atoms with Gasteiger partial charge in [0.15, 0.2) is 0 Å². The zero-order valence-corrected chi connectivity index (χ0v) is 17.1. The fourth-order valence-corrected chi connectivity index (χ4v) is 2.25. The Labute approximate surface area is 162 Å². The summed E-state index contributed by atoms with van der Waals surface area (Å²) >= 11 is 0. The summed E-state index contributed by atoms with van der Waals surface area (Å²) < 4.78 is 5.43. The molecular weight excluding hydrogens is 340 g/mol. The first-order valence-corrected chi connectivity index (χ1v) is 9.17. The molecule has 5 nitrogen and oxygen atoms in total. The van der Waals surface area contributed by atoms with Gasteiger partial charge in [0.05, 0.1) is 0 Å². The first kappa shape index (κ1) is 22.2. The van der Waals surface area contributed by atoms with Crippen LogP contribution in [0.1, 0.15) is 40.2 Å². The van der Waals surface area contributed by atoms with Crippen LogP contribution in [-0.4, -0.2) is 24.1 Å². The zero-order chi connectivity index (χ0) is 20.4. The SMILES string of the molecule is CC.Cc1cccc(NC(=O)CN(C(=O)OC(C)(C)C)c2ccccc2)c1. The normalized spacial score (nSPS) is 10.3. The van der Waals surface area contributed by atoms with E-state index < -0.39 is 11.7 Å². The molecule has 0 spiro atoms. The summed E-state index contributed by atoms with van der Waals surface area (Å²) in [5.74, 6) is -0.291. The van der Waals surface area contributed by atoms with Crippen LogP contribution >= 0.6 is 0 Å². The van der Waals surface area contributed by atoms with Crippen molar-refractivity contribution in [1.82, 2.24) is 0 Å². The topological polar surface area (TPSA) is 58.6 Å². The van der Waals surface area contributed by atoms with Gasteiger partial charge in [-0.3, -0.25) is 9.69 Å². The summed E-state index contributed by atoms with van der Waals surface area (Å²) in [6.07, 6.45) is -0.557. The van der Waals surface area contributed by atoms with E-state index in [2.05, 4.69) is 5.32 Å². The van der Waals surface area contributed by atoms with E-state index in [0.717, 1.165) is 5.56 Å². The van der Waals surface area contributed by atoms with Gasteiger partial charge in [0, 0.05) is 11.4 Å². The molecule has 0 saturated heterocycles. The highest BCUT2D eigenvalue weighted by atomic mass is 16.6. The maximum Gasteiger partial charge on any atom is 0.415 e. The number of nitrogens with one attached hydrogen (secondary N) is 1. The van der Waals surface area contributed by atoms with Gasteiger partial charge in [-0.05, 0) is 57.5 Å². The van der Waals surface area contributed by atoms with Crippen LogP contribution in [0.2, 0.25) is 0 Å². The zero-order valence-electron chi connectivity index (χ0n) is 17.1. The van der Waals surface area contributed by atoms with Crippen molar-refractivity contribution < 1.29 is 14.3 Å². The molecule has 0 atom stereocenters. The highest BCUT2D eigenvalue weighted by Gasteiger charge is 2.25. The number of hydrogen-bond donors (Lipinski definition) is 1. The third-order valence-electron chi connectivity index (χ3n) is 3.29. The Morgan fingerprint density at radius 3 is 2.19 bits per heavy atom. The average molecular weight is 370 g/mol. The molecule has 0 fully saturated rings. The molecule has 2 aromatic carbocycles. The number of rotatable bonds is 4. The lowest BCUT2D eigenvalue weighted by Crippen LogP contribution is -2.41. The van der Waals surface area contributed by atoms with Crippen molar-refractivity contribution in [2.45, 2.75) is 47.1 Å². The lowest BCUT2D eigenvalue weighted by molar-refractivity contribution is -0.115. The molecule has 146 valence electrons. The Bertz CT molecular complexity index is 737. The Kier molecular flexibility index (Phi) is 8.52. The van der Waals surface area contributed by atoms with Gasteiger partial charge in [-0.1, -0.05) is 44.2 Å². The molecule has 0 bridgehead atoms. The van der Waals surface area contributed by atoms with Crippen molar-refractivity contribution >= 4 is 23.4 Å². The molecule has 0 aliphatic carbocycles.